The highest BCUT2D eigenvalue weighted by molar-refractivity contribution is 5.93. The summed E-state index contributed by atoms with van der Waals surface area (Å²) in [5, 5.41) is 3.04. The summed E-state index contributed by atoms with van der Waals surface area (Å²) >= 11 is 0. The number of nitrogens with one attached hydrogen (secondary N) is 2. The van der Waals surface area contributed by atoms with Gasteiger partial charge in [0, 0.05) is 5.92 Å². The van der Waals surface area contributed by atoms with Gasteiger partial charge in [0.1, 0.15) is 5.75 Å². The number of rotatable bonds is 4. The number of quaternary nitrogens is 1. The normalized spacial score (nSPS) is 27.1. The molecule has 1 amide bonds. The molecule has 1 aliphatic heterocycles. The Morgan fingerprint density at radius 2 is 2.04 bits per heavy atom. The van der Waals surface area contributed by atoms with Gasteiger partial charge in [-0.2, -0.15) is 0 Å². The summed E-state index contributed by atoms with van der Waals surface area (Å²) < 4.78 is 5.34. The lowest BCUT2D eigenvalue weighted by Gasteiger charge is -2.38. The van der Waals surface area contributed by atoms with Gasteiger partial charge in [0.15, 0.2) is 6.54 Å². The second kappa shape index (κ2) is 7.35. The summed E-state index contributed by atoms with van der Waals surface area (Å²) in [6.07, 6.45) is 6.85. The molecule has 0 radical (unpaired) electrons. The third kappa shape index (κ3) is 4.05. The van der Waals surface area contributed by atoms with Gasteiger partial charge in [0.2, 0.25) is 0 Å². The van der Waals surface area contributed by atoms with Crippen molar-refractivity contribution >= 4 is 11.6 Å². The zero-order chi connectivity index (χ0) is 16.2. The predicted molar refractivity (Wildman–Crippen MR) is 92.0 cm³/mol. The molecule has 23 heavy (non-hydrogen) atoms. The van der Waals surface area contributed by atoms with Crippen LogP contribution in [0.4, 0.5) is 5.69 Å². The van der Waals surface area contributed by atoms with Crippen LogP contribution < -0.4 is 15.0 Å². The number of ether oxygens (including phenoxy) is 1. The summed E-state index contributed by atoms with van der Waals surface area (Å²) in [5.74, 6) is 2.59. The van der Waals surface area contributed by atoms with Gasteiger partial charge in [-0.05, 0) is 49.8 Å². The molecule has 0 spiro atoms. The Bertz CT molecular complexity index is 558. The lowest BCUT2D eigenvalue weighted by atomic mass is 9.75. The Balaban J connectivity index is 1.56. The monoisotopic (exact) mass is 317 g/mol. The molecule has 1 unspecified atom stereocenters. The number of carbonyl (C=O) groups is 1. The highest BCUT2D eigenvalue weighted by Crippen LogP contribution is 2.32. The predicted octanol–water partition coefficient (Wildman–Crippen LogP) is 2.04. The Morgan fingerprint density at radius 1 is 1.26 bits per heavy atom. The summed E-state index contributed by atoms with van der Waals surface area (Å²) in [7, 11) is 1.64. The van der Waals surface area contributed by atoms with E-state index in [1.165, 1.54) is 43.5 Å². The van der Waals surface area contributed by atoms with Crippen molar-refractivity contribution in [1.82, 2.24) is 0 Å². The first-order chi connectivity index (χ1) is 11.2. The summed E-state index contributed by atoms with van der Waals surface area (Å²) in [4.78, 5) is 13.9. The van der Waals surface area contributed by atoms with Crippen LogP contribution in [0.25, 0.3) is 0 Å². The standard InChI is InChI=1S/C19H28N2O2/c1-14-7-8-18(23-2)17(11-14)20-19(22)13-21-10-9-15-5-3-4-6-16(15)12-21/h7-8,11,15-16H,3-6,9-10,12-13H2,1-2H3,(H,20,22)/p+1/t15-,16-/m1/s1. The Morgan fingerprint density at radius 3 is 2.83 bits per heavy atom. The molecule has 0 bridgehead atoms. The van der Waals surface area contributed by atoms with Gasteiger partial charge in [0.05, 0.1) is 25.9 Å². The smallest absolute Gasteiger partial charge is 0.279 e. The number of fused-ring (bicyclic) bond motifs is 1. The molecule has 1 aliphatic carbocycles. The molecule has 3 atom stereocenters. The molecule has 1 heterocycles. The number of anilines is 1. The van der Waals surface area contributed by atoms with Crippen molar-refractivity contribution < 1.29 is 14.4 Å². The van der Waals surface area contributed by atoms with Gasteiger partial charge in [0.25, 0.3) is 5.91 Å². The topological polar surface area (TPSA) is 42.8 Å². The first kappa shape index (κ1) is 16.3. The largest absolute Gasteiger partial charge is 0.495 e. The molecule has 0 aromatic heterocycles. The van der Waals surface area contributed by atoms with E-state index in [0.717, 1.165) is 35.4 Å². The zero-order valence-corrected chi connectivity index (χ0v) is 14.4. The number of likely N-dealkylation sites (tertiary alicyclic amines) is 1. The van der Waals surface area contributed by atoms with Crippen molar-refractivity contribution in [2.24, 2.45) is 11.8 Å². The molecular weight excluding hydrogens is 288 g/mol. The number of methoxy groups -OCH3 is 1. The molecular formula is C19H29N2O2+. The van der Waals surface area contributed by atoms with E-state index in [-0.39, 0.29) is 5.91 Å². The van der Waals surface area contributed by atoms with Crippen LogP contribution in [0.1, 0.15) is 37.7 Å². The fourth-order valence-electron chi connectivity index (χ4n) is 4.30. The maximum absolute atomic E-state index is 12.4. The Hall–Kier alpha value is -1.55. The van der Waals surface area contributed by atoms with E-state index in [0.29, 0.717) is 6.54 Å². The van der Waals surface area contributed by atoms with Gasteiger partial charge in [-0.1, -0.05) is 18.9 Å². The van der Waals surface area contributed by atoms with Crippen molar-refractivity contribution in [2.45, 2.75) is 39.0 Å². The van der Waals surface area contributed by atoms with Crippen molar-refractivity contribution in [3.8, 4) is 5.75 Å². The summed E-state index contributed by atoms with van der Waals surface area (Å²) in [6.45, 7) is 4.90. The maximum atomic E-state index is 12.4. The molecule has 2 fully saturated rings. The van der Waals surface area contributed by atoms with E-state index in [1.807, 2.05) is 25.1 Å². The van der Waals surface area contributed by atoms with E-state index in [9.17, 15) is 4.79 Å². The van der Waals surface area contributed by atoms with Gasteiger partial charge < -0.3 is 15.0 Å². The van der Waals surface area contributed by atoms with E-state index < -0.39 is 0 Å². The van der Waals surface area contributed by atoms with E-state index in [4.69, 9.17) is 4.74 Å². The van der Waals surface area contributed by atoms with Crippen LogP contribution in [0.2, 0.25) is 0 Å². The van der Waals surface area contributed by atoms with E-state index >= 15 is 0 Å². The number of hydrogen-bond donors (Lipinski definition) is 2. The van der Waals surface area contributed by atoms with Crippen LogP contribution in [0, 0.1) is 18.8 Å². The minimum atomic E-state index is 0.0955. The lowest BCUT2D eigenvalue weighted by molar-refractivity contribution is -0.902. The average molecular weight is 317 g/mol. The van der Waals surface area contributed by atoms with Gasteiger partial charge >= 0.3 is 0 Å². The second-order valence-electron chi connectivity index (χ2n) is 7.23. The lowest BCUT2D eigenvalue weighted by Crippen LogP contribution is -3.15. The Labute approximate surface area is 139 Å². The van der Waals surface area contributed by atoms with Crippen LogP contribution in [-0.2, 0) is 4.79 Å². The number of hydrogen-bond acceptors (Lipinski definition) is 2. The van der Waals surface area contributed by atoms with Crippen LogP contribution >= 0.6 is 0 Å². The molecule has 4 heteroatoms. The van der Waals surface area contributed by atoms with Crippen LogP contribution in [0.5, 0.6) is 5.75 Å². The summed E-state index contributed by atoms with van der Waals surface area (Å²) in [6, 6.07) is 5.87. The number of benzene rings is 1. The first-order valence-corrected chi connectivity index (χ1v) is 8.94. The third-order valence-electron chi connectivity index (χ3n) is 5.53. The van der Waals surface area contributed by atoms with Crippen molar-refractivity contribution in [3.63, 3.8) is 0 Å². The second-order valence-corrected chi connectivity index (χ2v) is 7.23. The SMILES string of the molecule is COc1ccc(C)cc1NC(=O)C[NH+]1CC[C@H]2CCCC[C@@H]2C1. The van der Waals surface area contributed by atoms with Crippen LogP contribution in [0.15, 0.2) is 18.2 Å². The highest BCUT2D eigenvalue weighted by atomic mass is 16.5. The average Bonchev–Trinajstić information content (AvgIpc) is 2.55. The molecule has 1 saturated carbocycles. The van der Waals surface area contributed by atoms with Gasteiger partial charge in [-0.3, -0.25) is 4.79 Å². The van der Waals surface area contributed by atoms with Gasteiger partial charge in [-0.25, -0.2) is 0 Å². The van der Waals surface area contributed by atoms with Crippen molar-refractivity contribution in [2.75, 3.05) is 32.1 Å². The minimum Gasteiger partial charge on any atom is -0.495 e. The first-order valence-electron chi connectivity index (χ1n) is 8.94. The zero-order valence-electron chi connectivity index (χ0n) is 14.4. The molecule has 1 aromatic rings. The summed E-state index contributed by atoms with van der Waals surface area (Å²) in [5.41, 5.74) is 1.90. The molecule has 2 N–H and O–H groups in total. The van der Waals surface area contributed by atoms with E-state index in [1.54, 1.807) is 7.11 Å². The minimum absolute atomic E-state index is 0.0955. The quantitative estimate of drug-likeness (QED) is 0.892. The number of amides is 1. The number of piperidine rings is 1. The number of aryl methyl sites for hydroxylation is 1. The number of carbonyl (C=O) groups excluding carboxylic acids is 1. The molecule has 1 aromatic carbocycles. The van der Waals surface area contributed by atoms with Crippen LogP contribution in [-0.4, -0.2) is 32.7 Å². The molecule has 4 nitrogen and oxygen atoms in total. The third-order valence-corrected chi connectivity index (χ3v) is 5.53. The molecule has 126 valence electrons. The van der Waals surface area contributed by atoms with Crippen molar-refractivity contribution in [3.05, 3.63) is 23.8 Å². The molecule has 3 rings (SSSR count). The van der Waals surface area contributed by atoms with Crippen molar-refractivity contribution in [1.29, 1.82) is 0 Å². The van der Waals surface area contributed by atoms with Gasteiger partial charge in [-0.15, -0.1) is 0 Å². The molecule has 2 aliphatic rings. The van der Waals surface area contributed by atoms with E-state index in [2.05, 4.69) is 5.32 Å². The fraction of sp³-hybridized carbons (Fsp3) is 0.632. The highest BCUT2D eigenvalue weighted by Gasteiger charge is 2.34. The maximum Gasteiger partial charge on any atom is 0.279 e. The fourth-order valence-corrected chi connectivity index (χ4v) is 4.30. The van der Waals surface area contributed by atoms with Crippen LogP contribution in [0.3, 0.4) is 0 Å². The molecule has 1 saturated heterocycles. The Kier molecular flexibility index (Phi) is 5.21.